The number of aromatic nitrogens is 2. The second-order valence-electron chi connectivity index (χ2n) is 3.66. The van der Waals surface area contributed by atoms with Crippen LogP contribution in [0.5, 0.6) is 0 Å². The molecule has 0 bridgehead atoms. The summed E-state index contributed by atoms with van der Waals surface area (Å²) < 4.78 is 0. The number of anilines is 1. The van der Waals surface area contributed by atoms with Gasteiger partial charge in [-0.1, -0.05) is 13.3 Å². The fourth-order valence-electron chi connectivity index (χ4n) is 1.28. The minimum Gasteiger partial charge on any atom is -0.368 e. The van der Waals surface area contributed by atoms with E-state index in [4.69, 9.17) is 0 Å². The second kappa shape index (κ2) is 4.94. The molecule has 0 saturated heterocycles. The molecule has 0 saturated carbocycles. The maximum atomic E-state index is 4.15. The first-order valence-corrected chi connectivity index (χ1v) is 5.21. The molecule has 1 aromatic rings. The van der Waals surface area contributed by atoms with Crippen molar-refractivity contribution in [2.45, 2.75) is 40.5 Å². The summed E-state index contributed by atoms with van der Waals surface area (Å²) in [5.74, 6) is 0.932. The molecule has 1 rings (SSSR count). The minimum atomic E-state index is 0.932. The predicted molar refractivity (Wildman–Crippen MR) is 59.6 cm³/mol. The zero-order valence-corrected chi connectivity index (χ0v) is 9.52. The number of rotatable bonds is 4. The summed E-state index contributed by atoms with van der Waals surface area (Å²) in [6.45, 7) is 9.33. The van der Waals surface area contributed by atoms with E-state index in [9.17, 15) is 0 Å². The van der Waals surface area contributed by atoms with Gasteiger partial charge >= 0.3 is 0 Å². The van der Waals surface area contributed by atoms with Gasteiger partial charge in [-0.25, -0.2) is 0 Å². The van der Waals surface area contributed by atoms with E-state index >= 15 is 0 Å². The van der Waals surface area contributed by atoms with Crippen molar-refractivity contribution in [1.29, 1.82) is 0 Å². The van der Waals surface area contributed by atoms with Crippen LogP contribution in [0, 0.1) is 20.8 Å². The highest BCUT2D eigenvalue weighted by Gasteiger charge is 2.05. The summed E-state index contributed by atoms with van der Waals surface area (Å²) in [6.07, 6.45) is 2.37. The summed E-state index contributed by atoms with van der Waals surface area (Å²) >= 11 is 0. The van der Waals surface area contributed by atoms with Gasteiger partial charge in [-0.2, -0.15) is 5.10 Å². The Hall–Kier alpha value is -1.12. The minimum absolute atomic E-state index is 0.932. The Bertz CT molecular complexity index is 308. The van der Waals surface area contributed by atoms with Crippen molar-refractivity contribution in [3.63, 3.8) is 0 Å². The fraction of sp³-hybridized carbons (Fsp3) is 0.636. The molecule has 0 radical (unpaired) electrons. The van der Waals surface area contributed by atoms with Crippen molar-refractivity contribution in [2.75, 3.05) is 11.9 Å². The Morgan fingerprint density at radius 1 is 1.07 bits per heavy atom. The third-order valence-electron chi connectivity index (χ3n) is 2.58. The lowest BCUT2D eigenvalue weighted by Crippen LogP contribution is -2.08. The van der Waals surface area contributed by atoms with Crippen molar-refractivity contribution in [2.24, 2.45) is 0 Å². The molecule has 0 aliphatic heterocycles. The molecule has 0 aliphatic carbocycles. The van der Waals surface area contributed by atoms with E-state index in [0.717, 1.165) is 18.1 Å². The summed E-state index contributed by atoms with van der Waals surface area (Å²) in [4.78, 5) is 0. The average Bonchev–Trinajstić information content (AvgIpc) is 2.18. The first-order valence-electron chi connectivity index (χ1n) is 5.21. The van der Waals surface area contributed by atoms with Gasteiger partial charge < -0.3 is 5.32 Å². The van der Waals surface area contributed by atoms with Crippen molar-refractivity contribution >= 4 is 5.82 Å². The Kier molecular flexibility index (Phi) is 3.86. The van der Waals surface area contributed by atoms with E-state index in [0.29, 0.717) is 0 Å². The molecule has 0 atom stereocenters. The van der Waals surface area contributed by atoms with E-state index in [1.54, 1.807) is 0 Å². The van der Waals surface area contributed by atoms with Gasteiger partial charge in [-0.15, -0.1) is 5.10 Å². The van der Waals surface area contributed by atoms with Crippen LogP contribution in [0.4, 0.5) is 5.82 Å². The molecule has 3 heteroatoms. The molecule has 1 heterocycles. The van der Waals surface area contributed by atoms with E-state index in [2.05, 4.69) is 36.3 Å². The maximum absolute atomic E-state index is 4.15. The van der Waals surface area contributed by atoms with Crippen molar-refractivity contribution in [3.05, 3.63) is 16.8 Å². The number of nitrogens with one attached hydrogen (secondary N) is 1. The molecule has 0 fully saturated rings. The summed E-state index contributed by atoms with van der Waals surface area (Å²) in [6, 6.07) is 0. The number of aryl methyl sites for hydroxylation is 1. The van der Waals surface area contributed by atoms with Gasteiger partial charge in [-0.3, -0.25) is 0 Å². The van der Waals surface area contributed by atoms with Crippen LogP contribution in [0.3, 0.4) is 0 Å². The summed E-state index contributed by atoms with van der Waals surface area (Å²) in [5.41, 5.74) is 3.47. The fourth-order valence-corrected chi connectivity index (χ4v) is 1.28. The number of nitrogens with zero attached hydrogens (tertiary/aromatic N) is 2. The zero-order valence-electron chi connectivity index (χ0n) is 9.52. The molecule has 14 heavy (non-hydrogen) atoms. The molecule has 3 nitrogen and oxygen atoms in total. The second-order valence-corrected chi connectivity index (χ2v) is 3.66. The van der Waals surface area contributed by atoms with Crippen LogP contribution in [0.2, 0.25) is 0 Å². The molecule has 0 spiro atoms. The Morgan fingerprint density at radius 2 is 1.79 bits per heavy atom. The quantitative estimate of drug-likeness (QED) is 0.747. The van der Waals surface area contributed by atoms with E-state index in [-0.39, 0.29) is 0 Å². The highest BCUT2D eigenvalue weighted by molar-refractivity contribution is 5.47. The standard InChI is InChI=1S/C11H19N3/c1-5-6-7-12-11-9(3)8(2)10(4)13-14-11/h5-7H2,1-4H3,(H,12,14). The highest BCUT2D eigenvalue weighted by atomic mass is 15.2. The van der Waals surface area contributed by atoms with Crippen LogP contribution in [0.25, 0.3) is 0 Å². The monoisotopic (exact) mass is 193 g/mol. The van der Waals surface area contributed by atoms with Gasteiger partial charge in [0.15, 0.2) is 5.82 Å². The average molecular weight is 193 g/mol. The zero-order chi connectivity index (χ0) is 10.6. The first-order chi connectivity index (χ1) is 6.66. The molecule has 0 aromatic carbocycles. The van der Waals surface area contributed by atoms with Crippen molar-refractivity contribution in [3.8, 4) is 0 Å². The molecule has 1 N–H and O–H groups in total. The third-order valence-corrected chi connectivity index (χ3v) is 2.58. The van der Waals surface area contributed by atoms with Gasteiger partial charge in [-0.05, 0) is 38.3 Å². The van der Waals surface area contributed by atoms with E-state index < -0.39 is 0 Å². The molecular formula is C11H19N3. The number of hydrogen-bond acceptors (Lipinski definition) is 3. The molecule has 1 aromatic heterocycles. The normalized spacial score (nSPS) is 10.3. The van der Waals surface area contributed by atoms with Crippen LogP contribution < -0.4 is 5.32 Å². The van der Waals surface area contributed by atoms with E-state index in [1.165, 1.54) is 24.0 Å². The van der Waals surface area contributed by atoms with Gasteiger partial charge in [0.05, 0.1) is 5.69 Å². The van der Waals surface area contributed by atoms with Crippen molar-refractivity contribution in [1.82, 2.24) is 10.2 Å². The van der Waals surface area contributed by atoms with Gasteiger partial charge in [0.25, 0.3) is 0 Å². The van der Waals surface area contributed by atoms with Gasteiger partial charge in [0.2, 0.25) is 0 Å². The lowest BCUT2D eigenvalue weighted by Gasteiger charge is -2.10. The molecule has 0 aliphatic rings. The van der Waals surface area contributed by atoms with Crippen LogP contribution in [0.15, 0.2) is 0 Å². The van der Waals surface area contributed by atoms with Crippen LogP contribution >= 0.6 is 0 Å². The van der Waals surface area contributed by atoms with Crippen LogP contribution in [0.1, 0.15) is 36.6 Å². The first kappa shape index (κ1) is 11.0. The Labute approximate surface area is 85.9 Å². The lowest BCUT2D eigenvalue weighted by atomic mass is 10.1. The highest BCUT2D eigenvalue weighted by Crippen LogP contribution is 2.16. The Morgan fingerprint density at radius 3 is 2.43 bits per heavy atom. The number of unbranched alkanes of at least 4 members (excludes halogenated alkanes) is 1. The van der Waals surface area contributed by atoms with Crippen LogP contribution in [-0.4, -0.2) is 16.7 Å². The van der Waals surface area contributed by atoms with E-state index in [1.807, 2.05) is 6.92 Å². The van der Waals surface area contributed by atoms with Crippen molar-refractivity contribution < 1.29 is 0 Å². The number of hydrogen-bond donors (Lipinski definition) is 1. The summed E-state index contributed by atoms with van der Waals surface area (Å²) in [5, 5.41) is 11.6. The van der Waals surface area contributed by atoms with Gasteiger partial charge in [0, 0.05) is 6.54 Å². The molecule has 0 amide bonds. The summed E-state index contributed by atoms with van der Waals surface area (Å²) in [7, 11) is 0. The molecule has 78 valence electrons. The topological polar surface area (TPSA) is 37.8 Å². The SMILES string of the molecule is CCCCNc1nnc(C)c(C)c1C. The lowest BCUT2D eigenvalue weighted by molar-refractivity contribution is 0.822. The maximum Gasteiger partial charge on any atom is 0.151 e. The van der Waals surface area contributed by atoms with Crippen LogP contribution in [-0.2, 0) is 0 Å². The largest absolute Gasteiger partial charge is 0.368 e. The predicted octanol–water partition coefficient (Wildman–Crippen LogP) is 2.61. The Balaban J connectivity index is 2.73. The van der Waals surface area contributed by atoms with Gasteiger partial charge in [0.1, 0.15) is 0 Å². The smallest absolute Gasteiger partial charge is 0.151 e. The molecular weight excluding hydrogens is 174 g/mol. The molecule has 0 unspecified atom stereocenters. The third kappa shape index (κ3) is 2.44.